The topological polar surface area (TPSA) is 102 Å². The molecule has 7 heteroatoms. The summed E-state index contributed by atoms with van der Waals surface area (Å²) in [5.74, 6) is -0.414. The first-order valence-electron chi connectivity index (χ1n) is 11.2. The van der Waals surface area contributed by atoms with Crippen LogP contribution in [0.25, 0.3) is 0 Å². The van der Waals surface area contributed by atoms with Crippen LogP contribution in [-0.4, -0.2) is 45.1 Å². The normalized spacial score (nSPS) is 20.9. The van der Waals surface area contributed by atoms with Crippen molar-refractivity contribution in [3.8, 4) is 5.75 Å². The Morgan fingerprint density at radius 1 is 1.12 bits per heavy atom. The van der Waals surface area contributed by atoms with Gasteiger partial charge in [-0.05, 0) is 78.5 Å². The maximum atomic E-state index is 13.0. The van der Waals surface area contributed by atoms with E-state index in [2.05, 4.69) is 10.6 Å². The lowest BCUT2D eigenvalue weighted by molar-refractivity contribution is -0.290. The molecule has 0 bridgehead atoms. The van der Waals surface area contributed by atoms with Crippen LogP contribution in [0.4, 0.5) is 0 Å². The number of carbonyl (C=O) groups excluding carboxylic acids is 2. The third-order valence-electron chi connectivity index (χ3n) is 6.26. The Morgan fingerprint density at radius 3 is 2.16 bits per heavy atom. The van der Waals surface area contributed by atoms with Gasteiger partial charge in [0.05, 0.1) is 12.0 Å². The molecule has 1 aromatic rings. The highest BCUT2D eigenvalue weighted by Crippen LogP contribution is 2.37. The fourth-order valence-corrected chi connectivity index (χ4v) is 4.66. The van der Waals surface area contributed by atoms with E-state index in [0.29, 0.717) is 19.3 Å². The minimum atomic E-state index is -0.547. The second-order valence-corrected chi connectivity index (χ2v) is 10.3. The van der Waals surface area contributed by atoms with E-state index in [4.69, 9.17) is 0 Å². The third-order valence-corrected chi connectivity index (χ3v) is 6.26. The van der Waals surface area contributed by atoms with Crippen molar-refractivity contribution in [1.29, 1.82) is 0 Å². The molecule has 1 aliphatic rings. The van der Waals surface area contributed by atoms with Crippen molar-refractivity contribution in [2.45, 2.75) is 90.9 Å². The minimum absolute atomic E-state index is 0.0731. The fraction of sp³-hybridized carbons (Fsp3) is 0.600. The predicted molar refractivity (Wildman–Crippen MR) is 124 cm³/mol. The van der Waals surface area contributed by atoms with Gasteiger partial charge in [-0.1, -0.05) is 23.8 Å². The van der Waals surface area contributed by atoms with E-state index in [1.54, 1.807) is 12.1 Å². The number of piperidine rings is 1. The van der Waals surface area contributed by atoms with E-state index < -0.39 is 11.1 Å². The van der Waals surface area contributed by atoms with Crippen LogP contribution in [0.15, 0.2) is 35.9 Å². The average molecular weight is 445 g/mol. The number of nitrogens with zero attached hydrogens (tertiary/aromatic N) is 1. The van der Waals surface area contributed by atoms with E-state index in [1.807, 2.05) is 59.8 Å². The summed E-state index contributed by atoms with van der Waals surface area (Å²) in [5.41, 5.74) is 0.736. The maximum absolute atomic E-state index is 13.0. The van der Waals surface area contributed by atoms with Crippen molar-refractivity contribution < 1.29 is 19.9 Å². The van der Waals surface area contributed by atoms with Crippen molar-refractivity contribution in [1.82, 2.24) is 15.7 Å². The van der Waals surface area contributed by atoms with Crippen LogP contribution in [-0.2, 0) is 21.2 Å². The lowest BCUT2D eigenvalue weighted by Crippen LogP contribution is -2.62. The molecule has 0 aliphatic carbocycles. The molecule has 0 spiro atoms. The average Bonchev–Trinajstić information content (AvgIpc) is 2.66. The number of hydrogen-bond acceptors (Lipinski definition) is 4. The Balaban J connectivity index is 2.09. The van der Waals surface area contributed by atoms with Crippen LogP contribution in [0.2, 0.25) is 0 Å². The minimum Gasteiger partial charge on any atom is -0.508 e. The van der Waals surface area contributed by atoms with Gasteiger partial charge in [0.1, 0.15) is 5.75 Å². The molecular weight excluding hydrogens is 406 g/mol. The van der Waals surface area contributed by atoms with Crippen LogP contribution >= 0.6 is 0 Å². The molecule has 1 radical (unpaired) electrons. The van der Waals surface area contributed by atoms with Gasteiger partial charge in [-0.15, -0.1) is 10.3 Å². The number of hydroxylamine groups is 2. The molecule has 1 saturated heterocycles. The van der Waals surface area contributed by atoms with E-state index in [0.717, 1.165) is 16.2 Å². The Labute approximate surface area is 191 Å². The maximum Gasteiger partial charge on any atom is 0.227 e. The summed E-state index contributed by atoms with van der Waals surface area (Å²) in [6.45, 7) is 12.9. The molecule has 1 aromatic carbocycles. The monoisotopic (exact) mass is 444 g/mol. The molecule has 0 saturated carbocycles. The summed E-state index contributed by atoms with van der Waals surface area (Å²) in [4.78, 5) is 24.7. The van der Waals surface area contributed by atoms with E-state index in [1.165, 1.54) is 6.92 Å². The fourth-order valence-electron chi connectivity index (χ4n) is 4.66. The number of rotatable bonds is 7. The van der Waals surface area contributed by atoms with Crippen molar-refractivity contribution in [2.75, 3.05) is 0 Å². The van der Waals surface area contributed by atoms with Gasteiger partial charge in [-0.3, -0.25) is 9.59 Å². The zero-order valence-electron chi connectivity index (χ0n) is 20.4. The second kappa shape index (κ2) is 10.0. The lowest BCUT2D eigenvalue weighted by Gasteiger charge is -2.50. The molecular formula is C25H38N3O4. The van der Waals surface area contributed by atoms with Gasteiger partial charge >= 0.3 is 0 Å². The zero-order valence-corrected chi connectivity index (χ0v) is 20.4. The predicted octanol–water partition coefficient (Wildman–Crippen LogP) is 3.51. The number of aromatic hydroxyl groups is 1. The van der Waals surface area contributed by atoms with Gasteiger partial charge in [0.25, 0.3) is 0 Å². The quantitative estimate of drug-likeness (QED) is 0.560. The Bertz CT molecular complexity index is 827. The van der Waals surface area contributed by atoms with Gasteiger partial charge in [-0.25, -0.2) is 0 Å². The van der Waals surface area contributed by atoms with Gasteiger partial charge in [0.15, 0.2) is 0 Å². The number of phenolic OH excluding ortho intramolecular Hbond substituents is 1. The first-order chi connectivity index (χ1) is 14.7. The molecule has 2 amide bonds. The van der Waals surface area contributed by atoms with Crippen LogP contribution in [0.1, 0.15) is 66.9 Å². The van der Waals surface area contributed by atoms with Crippen LogP contribution in [0.5, 0.6) is 5.75 Å². The number of phenols is 1. The second-order valence-electron chi connectivity index (χ2n) is 10.3. The third kappa shape index (κ3) is 6.81. The molecule has 1 heterocycles. The highest BCUT2D eigenvalue weighted by Gasteiger charge is 2.46. The summed E-state index contributed by atoms with van der Waals surface area (Å²) in [5, 5.41) is 29.3. The van der Waals surface area contributed by atoms with E-state index in [9.17, 15) is 19.9 Å². The molecule has 32 heavy (non-hydrogen) atoms. The van der Waals surface area contributed by atoms with Gasteiger partial charge < -0.3 is 15.7 Å². The van der Waals surface area contributed by atoms with Crippen molar-refractivity contribution in [2.24, 2.45) is 5.92 Å². The SMILES string of the molecule is CC(=O)N[C@@H](/C=C(\C)[C@H](C)C(=O)NC1CC(C)(C)N([O])C(C)(C)C1)Cc1ccc(O)cc1. The molecule has 2 atom stereocenters. The molecule has 177 valence electrons. The lowest BCUT2D eigenvalue weighted by atomic mass is 9.78. The smallest absolute Gasteiger partial charge is 0.227 e. The Kier molecular flexibility index (Phi) is 8.12. The van der Waals surface area contributed by atoms with Gasteiger partial charge in [0.2, 0.25) is 11.8 Å². The summed E-state index contributed by atoms with van der Waals surface area (Å²) < 4.78 is 0. The first-order valence-corrected chi connectivity index (χ1v) is 11.2. The van der Waals surface area contributed by atoms with Gasteiger partial charge in [-0.2, -0.15) is 0 Å². The molecule has 1 fully saturated rings. The Morgan fingerprint density at radius 2 is 1.66 bits per heavy atom. The highest BCUT2D eigenvalue weighted by atomic mass is 16.5. The van der Waals surface area contributed by atoms with Crippen molar-refractivity contribution in [3.05, 3.63) is 41.5 Å². The van der Waals surface area contributed by atoms with Crippen molar-refractivity contribution >= 4 is 11.8 Å². The van der Waals surface area contributed by atoms with Gasteiger partial charge in [0, 0.05) is 24.0 Å². The standard InChI is InChI=1S/C25H38N3O4/c1-16(12-20(26-18(3)29)13-19-8-10-22(30)11-9-19)17(2)23(31)27-21-14-24(4,5)28(32)25(6,7)15-21/h8-12,17,20-21,30H,13-15H2,1-7H3,(H,26,29)(H,27,31)/b16-12+/t17-,20-/m0/s1. The summed E-state index contributed by atoms with van der Waals surface area (Å²) in [7, 11) is 0. The van der Waals surface area contributed by atoms with E-state index >= 15 is 0 Å². The van der Waals surface area contributed by atoms with E-state index in [-0.39, 0.29) is 35.6 Å². The molecule has 0 unspecified atom stereocenters. The van der Waals surface area contributed by atoms with Crippen molar-refractivity contribution in [3.63, 3.8) is 0 Å². The summed E-state index contributed by atoms with van der Waals surface area (Å²) in [6, 6.07) is 6.52. The molecule has 0 aromatic heterocycles. The number of hydrogen-bond donors (Lipinski definition) is 3. The van der Waals surface area contributed by atoms with Crippen LogP contribution < -0.4 is 10.6 Å². The largest absolute Gasteiger partial charge is 0.508 e. The summed E-state index contributed by atoms with van der Waals surface area (Å²) in [6.07, 6.45) is 3.66. The number of amides is 2. The molecule has 3 N–H and O–H groups in total. The first kappa shape index (κ1) is 25.9. The molecule has 2 rings (SSSR count). The number of nitrogens with one attached hydrogen (secondary N) is 2. The molecule has 7 nitrogen and oxygen atoms in total. The molecule has 1 aliphatic heterocycles. The zero-order chi connectivity index (χ0) is 24.3. The van der Waals surface area contributed by atoms with Crippen LogP contribution in [0, 0.1) is 5.92 Å². The highest BCUT2D eigenvalue weighted by molar-refractivity contribution is 5.81. The Hall–Kier alpha value is -2.38. The van der Waals surface area contributed by atoms with Crippen LogP contribution in [0.3, 0.4) is 0 Å². The number of carbonyl (C=O) groups is 2. The summed E-state index contributed by atoms with van der Waals surface area (Å²) >= 11 is 0. The number of benzene rings is 1.